The largest absolute Gasteiger partial charge is 0.374 e. The molecule has 0 fully saturated rings. The first-order chi connectivity index (χ1) is 10.1. The van der Waals surface area contributed by atoms with E-state index < -0.39 is 0 Å². The molecule has 0 amide bonds. The number of aromatic nitrogens is 1. The van der Waals surface area contributed by atoms with Gasteiger partial charge in [0, 0.05) is 18.2 Å². The van der Waals surface area contributed by atoms with E-state index in [9.17, 15) is 0 Å². The van der Waals surface area contributed by atoms with E-state index in [1.54, 1.807) is 0 Å². The smallest absolute Gasteiger partial charge is 0.0820 e. The first-order valence-electron chi connectivity index (χ1n) is 7.80. The molecule has 3 heteroatoms. The lowest BCUT2D eigenvalue weighted by atomic mass is 9.90. The fourth-order valence-corrected chi connectivity index (χ4v) is 2.78. The molecule has 0 radical (unpaired) electrons. The highest BCUT2D eigenvalue weighted by molar-refractivity contribution is 5.79. The molecule has 2 aromatic rings. The summed E-state index contributed by atoms with van der Waals surface area (Å²) in [5.41, 5.74) is 2.03. The number of hydrogen-bond donors (Lipinski definition) is 1. The molecule has 1 N–H and O–H groups in total. The summed E-state index contributed by atoms with van der Waals surface area (Å²) in [7, 11) is 0. The van der Waals surface area contributed by atoms with Crippen molar-refractivity contribution in [1.29, 1.82) is 0 Å². The van der Waals surface area contributed by atoms with Crippen molar-refractivity contribution in [3.63, 3.8) is 0 Å². The van der Waals surface area contributed by atoms with Gasteiger partial charge >= 0.3 is 0 Å². The normalized spacial score (nSPS) is 13.5. The lowest BCUT2D eigenvalue weighted by molar-refractivity contribution is -0.0391. The van der Waals surface area contributed by atoms with Gasteiger partial charge in [-0.25, -0.2) is 0 Å². The van der Waals surface area contributed by atoms with Gasteiger partial charge in [-0.2, -0.15) is 0 Å². The Morgan fingerprint density at radius 2 is 2.05 bits per heavy atom. The predicted octanol–water partition coefficient (Wildman–Crippen LogP) is 4.09. The van der Waals surface area contributed by atoms with Crippen molar-refractivity contribution in [2.45, 2.75) is 45.8 Å². The van der Waals surface area contributed by atoms with Gasteiger partial charge in [0.1, 0.15) is 0 Å². The van der Waals surface area contributed by atoms with E-state index in [-0.39, 0.29) is 11.6 Å². The Morgan fingerprint density at radius 3 is 2.76 bits per heavy atom. The molecule has 0 bridgehead atoms. The van der Waals surface area contributed by atoms with Crippen LogP contribution in [-0.2, 0) is 4.74 Å². The average Bonchev–Trinajstić information content (AvgIpc) is 2.47. The van der Waals surface area contributed by atoms with E-state index in [0.717, 1.165) is 18.5 Å². The van der Waals surface area contributed by atoms with Gasteiger partial charge in [0.05, 0.1) is 17.2 Å². The second kappa shape index (κ2) is 7.01. The van der Waals surface area contributed by atoms with Crippen LogP contribution in [0.4, 0.5) is 0 Å². The molecule has 1 unspecified atom stereocenters. The van der Waals surface area contributed by atoms with Crippen LogP contribution in [0.25, 0.3) is 10.9 Å². The summed E-state index contributed by atoms with van der Waals surface area (Å²) in [6, 6.07) is 10.7. The minimum atomic E-state index is -0.250. The molecule has 114 valence electrons. The molecule has 21 heavy (non-hydrogen) atoms. The number of nitrogens with zero attached hydrogens (tertiary/aromatic N) is 1. The van der Waals surface area contributed by atoms with E-state index in [0.29, 0.717) is 6.61 Å². The minimum absolute atomic E-state index is 0.169. The topological polar surface area (TPSA) is 34.2 Å². The number of benzene rings is 1. The summed E-state index contributed by atoms with van der Waals surface area (Å²) >= 11 is 0. The third kappa shape index (κ3) is 3.80. The Hall–Kier alpha value is -1.45. The maximum Gasteiger partial charge on any atom is 0.0820 e. The third-order valence-corrected chi connectivity index (χ3v) is 3.77. The molecule has 0 aliphatic carbocycles. The van der Waals surface area contributed by atoms with E-state index in [1.165, 1.54) is 10.9 Å². The van der Waals surface area contributed by atoms with Crippen LogP contribution >= 0.6 is 0 Å². The van der Waals surface area contributed by atoms with Crippen LogP contribution in [-0.4, -0.2) is 23.7 Å². The zero-order chi connectivity index (χ0) is 15.3. The summed E-state index contributed by atoms with van der Waals surface area (Å²) in [5, 5.41) is 4.80. The quantitative estimate of drug-likeness (QED) is 0.832. The van der Waals surface area contributed by atoms with Gasteiger partial charge < -0.3 is 10.1 Å². The first kappa shape index (κ1) is 15.9. The molecule has 3 nitrogen and oxygen atoms in total. The van der Waals surface area contributed by atoms with Gasteiger partial charge in [0.15, 0.2) is 0 Å². The number of hydrogen-bond acceptors (Lipinski definition) is 3. The predicted molar refractivity (Wildman–Crippen MR) is 88.5 cm³/mol. The van der Waals surface area contributed by atoms with Crippen molar-refractivity contribution in [1.82, 2.24) is 10.3 Å². The maximum atomic E-state index is 5.98. The lowest BCUT2D eigenvalue weighted by Gasteiger charge is -2.35. The standard InChI is InChI=1S/C18H26N2O/c1-5-11-20-17(18(3,4)21-6-2)15-9-10-16-14(13-15)8-7-12-19-16/h7-10,12-13,17,20H,5-6,11H2,1-4H3. The van der Waals surface area contributed by atoms with Crippen LogP contribution in [0.1, 0.15) is 45.7 Å². The van der Waals surface area contributed by atoms with Crippen molar-refractivity contribution >= 4 is 10.9 Å². The number of rotatable bonds is 7. The number of nitrogens with one attached hydrogen (secondary N) is 1. The number of pyridine rings is 1. The molecule has 2 rings (SSSR count). The second-order valence-corrected chi connectivity index (χ2v) is 5.88. The maximum absolute atomic E-state index is 5.98. The molecule has 0 saturated heterocycles. The van der Waals surface area contributed by atoms with Crippen LogP contribution in [0, 0.1) is 0 Å². The van der Waals surface area contributed by atoms with Crippen LogP contribution in [0.3, 0.4) is 0 Å². The van der Waals surface area contributed by atoms with Crippen molar-refractivity contribution in [3.05, 3.63) is 42.1 Å². The van der Waals surface area contributed by atoms with Crippen LogP contribution in [0.5, 0.6) is 0 Å². The van der Waals surface area contributed by atoms with Crippen molar-refractivity contribution < 1.29 is 4.74 Å². The Balaban J connectivity index is 2.37. The molecule has 0 aliphatic heterocycles. The van der Waals surface area contributed by atoms with E-state index in [1.807, 2.05) is 19.2 Å². The second-order valence-electron chi connectivity index (χ2n) is 5.88. The molecule has 0 spiro atoms. The monoisotopic (exact) mass is 286 g/mol. The molecule has 1 aromatic carbocycles. The van der Waals surface area contributed by atoms with E-state index >= 15 is 0 Å². The van der Waals surface area contributed by atoms with E-state index in [2.05, 4.69) is 55.3 Å². The van der Waals surface area contributed by atoms with Gasteiger partial charge in [-0.15, -0.1) is 0 Å². The molecular formula is C18H26N2O. The van der Waals surface area contributed by atoms with Gasteiger partial charge in [-0.05, 0) is 57.5 Å². The van der Waals surface area contributed by atoms with Crippen molar-refractivity contribution in [3.8, 4) is 0 Å². The van der Waals surface area contributed by atoms with E-state index in [4.69, 9.17) is 4.74 Å². The SMILES string of the molecule is CCCNC(c1ccc2ncccc2c1)C(C)(C)OCC. The summed E-state index contributed by atoms with van der Waals surface area (Å²) < 4.78 is 5.98. The summed E-state index contributed by atoms with van der Waals surface area (Å²) in [6.07, 6.45) is 2.94. The van der Waals surface area contributed by atoms with Gasteiger partial charge in [0.2, 0.25) is 0 Å². The zero-order valence-electron chi connectivity index (χ0n) is 13.5. The highest BCUT2D eigenvalue weighted by atomic mass is 16.5. The van der Waals surface area contributed by atoms with Gasteiger partial charge in [-0.3, -0.25) is 4.98 Å². The summed E-state index contributed by atoms with van der Waals surface area (Å²) in [6.45, 7) is 10.2. The zero-order valence-corrected chi connectivity index (χ0v) is 13.5. The number of ether oxygens (including phenoxy) is 1. The average molecular weight is 286 g/mol. The highest BCUT2D eigenvalue weighted by Gasteiger charge is 2.31. The summed E-state index contributed by atoms with van der Waals surface area (Å²) in [4.78, 5) is 4.39. The Bertz CT molecular complexity index is 580. The van der Waals surface area contributed by atoms with Crippen LogP contribution < -0.4 is 5.32 Å². The third-order valence-electron chi connectivity index (χ3n) is 3.77. The molecular weight excluding hydrogens is 260 g/mol. The molecule has 0 aliphatic rings. The Kier molecular flexibility index (Phi) is 5.32. The van der Waals surface area contributed by atoms with Crippen molar-refractivity contribution in [2.24, 2.45) is 0 Å². The first-order valence-corrected chi connectivity index (χ1v) is 7.80. The Morgan fingerprint density at radius 1 is 1.24 bits per heavy atom. The van der Waals surface area contributed by atoms with Gasteiger partial charge in [0.25, 0.3) is 0 Å². The lowest BCUT2D eigenvalue weighted by Crippen LogP contribution is -2.42. The fraction of sp³-hybridized carbons (Fsp3) is 0.500. The molecule has 1 aromatic heterocycles. The van der Waals surface area contributed by atoms with Crippen LogP contribution in [0.2, 0.25) is 0 Å². The highest BCUT2D eigenvalue weighted by Crippen LogP contribution is 2.30. The Labute approximate surface area is 127 Å². The minimum Gasteiger partial charge on any atom is -0.374 e. The molecule has 1 atom stereocenters. The summed E-state index contributed by atoms with van der Waals surface area (Å²) in [5.74, 6) is 0. The van der Waals surface area contributed by atoms with Gasteiger partial charge in [-0.1, -0.05) is 19.1 Å². The fourth-order valence-electron chi connectivity index (χ4n) is 2.78. The molecule has 1 heterocycles. The van der Waals surface area contributed by atoms with Crippen molar-refractivity contribution in [2.75, 3.05) is 13.2 Å². The molecule has 0 saturated carbocycles. The van der Waals surface area contributed by atoms with Crippen LogP contribution in [0.15, 0.2) is 36.5 Å². The number of fused-ring (bicyclic) bond motifs is 1.